The predicted octanol–water partition coefficient (Wildman–Crippen LogP) is 6.98. The molecule has 0 spiro atoms. The van der Waals surface area contributed by atoms with Gasteiger partial charge in [-0.1, -0.05) is 35.3 Å². The molecule has 1 atom stereocenters. The maximum Gasteiger partial charge on any atom is 0.257 e. The van der Waals surface area contributed by atoms with Crippen LogP contribution >= 0.6 is 35.0 Å². The number of hydrogen-bond acceptors (Lipinski definition) is 3. The standard InChI is InChI=1S/C24H22Cl2N2O2S/c1-14-4-5-15(2)22(12-14)28-23(29)16(3)31-19-9-7-18(8-10-19)27-24(30)20-11-6-17(25)13-21(20)26/h4-13,16H,1-3H3,(H,27,30)(H,28,29). The Morgan fingerprint density at radius 1 is 0.903 bits per heavy atom. The summed E-state index contributed by atoms with van der Waals surface area (Å²) in [6.45, 7) is 5.83. The minimum Gasteiger partial charge on any atom is -0.325 e. The van der Waals surface area contributed by atoms with E-state index in [2.05, 4.69) is 10.6 Å². The average Bonchev–Trinajstić information content (AvgIpc) is 2.72. The van der Waals surface area contributed by atoms with Crippen LogP contribution in [-0.2, 0) is 4.79 Å². The van der Waals surface area contributed by atoms with Gasteiger partial charge in [0.25, 0.3) is 5.91 Å². The molecular weight excluding hydrogens is 451 g/mol. The number of amides is 2. The maximum absolute atomic E-state index is 12.6. The third-order valence-corrected chi connectivity index (χ3v) is 6.28. The van der Waals surface area contributed by atoms with E-state index in [1.54, 1.807) is 24.3 Å². The van der Waals surface area contributed by atoms with Gasteiger partial charge in [0, 0.05) is 21.3 Å². The largest absolute Gasteiger partial charge is 0.325 e. The number of carbonyl (C=O) groups excluding carboxylic acids is 2. The van der Waals surface area contributed by atoms with Crippen LogP contribution in [0.25, 0.3) is 0 Å². The predicted molar refractivity (Wildman–Crippen MR) is 131 cm³/mol. The Labute approximate surface area is 196 Å². The molecule has 4 nitrogen and oxygen atoms in total. The van der Waals surface area contributed by atoms with Gasteiger partial charge in [-0.25, -0.2) is 0 Å². The molecule has 0 saturated carbocycles. The molecule has 2 amide bonds. The Morgan fingerprint density at radius 2 is 1.61 bits per heavy atom. The van der Waals surface area contributed by atoms with Crippen LogP contribution in [0.2, 0.25) is 10.0 Å². The molecule has 0 aromatic heterocycles. The Bertz CT molecular complexity index is 1120. The SMILES string of the molecule is Cc1ccc(C)c(NC(=O)C(C)Sc2ccc(NC(=O)c3ccc(Cl)cc3Cl)cc2)c1. The van der Waals surface area contributed by atoms with Crippen LogP contribution in [-0.4, -0.2) is 17.1 Å². The second kappa shape index (κ2) is 10.2. The summed E-state index contributed by atoms with van der Waals surface area (Å²) < 4.78 is 0. The molecule has 0 aliphatic heterocycles. The number of carbonyl (C=O) groups is 2. The molecule has 7 heteroatoms. The molecule has 0 aliphatic carbocycles. The highest BCUT2D eigenvalue weighted by atomic mass is 35.5. The van der Waals surface area contributed by atoms with E-state index in [4.69, 9.17) is 23.2 Å². The Hall–Kier alpha value is -2.47. The summed E-state index contributed by atoms with van der Waals surface area (Å²) >= 11 is 13.4. The molecule has 0 fully saturated rings. The highest BCUT2D eigenvalue weighted by Gasteiger charge is 2.16. The number of halogens is 2. The van der Waals surface area contributed by atoms with Crippen molar-refractivity contribution in [1.29, 1.82) is 0 Å². The lowest BCUT2D eigenvalue weighted by molar-refractivity contribution is -0.115. The van der Waals surface area contributed by atoms with Crippen LogP contribution in [0, 0.1) is 13.8 Å². The smallest absolute Gasteiger partial charge is 0.257 e. The molecule has 3 rings (SSSR count). The molecule has 2 N–H and O–H groups in total. The van der Waals surface area contributed by atoms with Crippen molar-refractivity contribution in [3.05, 3.63) is 87.4 Å². The molecule has 160 valence electrons. The number of hydrogen-bond donors (Lipinski definition) is 2. The molecule has 0 bridgehead atoms. The Morgan fingerprint density at radius 3 is 2.29 bits per heavy atom. The van der Waals surface area contributed by atoms with Gasteiger partial charge in [0.1, 0.15) is 0 Å². The normalized spacial score (nSPS) is 11.6. The minimum atomic E-state index is -0.316. The van der Waals surface area contributed by atoms with Crippen molar-refractivity contribution in [3.8, 4) is 0 Å². The summed E-state index contributed by atoms with van der Waals surface area (Å²) in [6.07, 6.45) is 0. The summed E-state index contributed by atoms with van der Waals surface area (Å²) in [7, 11) is 0. The molecule has 0 heterocycles. The number of aryl methyl sites for hydroxylation is 2. The van der Waals surface area contributed by atoms with Gasteiger partial charge in [0.05, 0.1) is 15.8 Å². The quantitative estimate of drug-likeness (QED) is 0.380. The summed E-state index contributed by atoms with van der Waals surface area (Å²) in [5.41, 5.74) is 3.93. The van der Waals surface area contributed by atoms with Crippen LogP contribution < -0.4 is 10.6 Å². The van der Waals surface area contributed by atoms with E-state index in [0.717, 1.165) is 21.7 Å². The number of benzene rings is 3. The lowest BCUT2D eigenvalue weighted by atomic mass is 10.1. The van der Waals surface area contributed by atoms with Gasteiger partial charge in [-0.05, 0) is 80.4 Å². The summed E-state index contributed by atoms with van der Waals surface area (Å²) in [4.78, 5) is 25.9. The van der Waals surface area contributed by atoms with Gasteiger partial charge >= 0.3 is 0 Å². The molecule has 31 heavy (non-hydrogen) atoms. The van der Waals surface area contributed by atoms with E-state index in [1.807, 2.05) is 51.1 Å². The second-order valence-corrected chi connectivity index (χ2v) is 9.43. The molecule has 0 aliphatic rings. The van der Waals surface area contributed by atoms with Crippen LogP contribution in [0.5, 0.6) is 0 Å². The van der Waals surface area contributed by atoms with Crippen LogP contribution in [0.1, 0.15) is 28.4 Å². The van der Waals surface area contributed by atoms with Crippen molar-refractivity contribution in [1.82, 2.24) is 0 Å². The molecule has 0 saturated heterocycles. The minimum absolute atomic E-state index is 0.0616. The maximum atomic E-state index is 12.6. The Kier molecular flexibility index (Phi) is 7.65. The third-order valence-electron chi connectivity index (χ3n) is 4.62. The fourth-order valence-corrected chi connectivity index (χ4v) is 4.21. The van der Waals surface area contributed by atoms with Gasteiger partial charge in [-0.2, -0.15) is 0 Å². The lowest BCUT2D eigenvalue weighted by Gasteiger charge is -2.14. The van der Waals surface area contributed by atoms with Crippen LogP contribution in [0.15, 0.2) is 65.6 Å². The van der Waals surface area contributed by atoms with E-state index in [-0.39, 0.29) is 17.1 Å². The number of anilines is 2. The van der Waals surface area contributed by atoms with Gasteiger partial charge in [0.2, 0.25) is 5.91 Å². The second-order valence-electron chi connectivity index (χ2n) is 7.17. The zero-order chi connectivity index (χ0) is 22.5. The van der Waals surface area contributed by atoms with Crippen molar-refractivity contribution in [2.75, 3.05) is 10.6 Å². The first-order valence-corrected chi connectivity index (χ1v) is 11.3. The first-order valence-electron chi connectivity index (χ1n) is 9.64. The molecule has 1 unspecified atom stereocenters. The van der Waals surface area contributed by atoms with E-state index >= 15 is 0 Å². The van der Waals surface area contributed by atoms with E-state index in [9.17, 15) is 9.59 Å². The van der Waals surface area contributed by atoms with Crippen molar-refractivity contribution >= 4 is 58.2 Å². The van der Waals surface area contributed by atoms with Gasteiger partial charge in [0.15, 0.2) is 0 Å². The highest BCUT2D eigenvalue weighted by Crippen LogP contribution is 2.27. The monoisotopic (exact) mass is 472 g/mol. The highest BCUT2D eigenvalue weighted by molar-refractivity contribution is 8.00. The topological polar surface area (TPSA) is 58.2 Å². The fraction of sp³-hybridized carbons (Fsp3) is 0.167. The van der Waals surface area contributed by atoms with E-state index in [0.29, 0.717) is 21.3 Å². The van der Waals surface area contributed by atoms with Crippen molar-refractivity contribution < 1.29 is 9.59 Å². The zero-order valence-corrected chi connectivity index (χ0v) is 19.7. The zero-order valence-electron chi connectivity index (χ0n) is 17.3. The summed E-state index contributed by atoms with van der Waals surface area (Å²) in [6, 6.07) is 18.0. The molecule has 0 radical (unpaired) electrons. The van der Waals surface area contributed by atoms with Crippen LogP contribution in [0.4, 0.5) is 11.4 Å². The van der Waals surface area contributed by atoms with Gasteiger partial charge in [-0.3, -0.25) is 9.59 Å². The van der Waals surface area contributed by atoms with E-state index in [1.165, 1.54) is 17.8 Å². The van der Waals surface area contributed by atoms with Gasteiger partial charge < -0.3 is 10.6 Å². The summed E-state index contributed by atoms with van der Waals surface area (Å²) in [5.74, 6) is -0.378. The van der Waals surface area contributed by atoms with Crippen molar-refractivity contribution in [3.63, 3.8) is 0 Å². The van der Waals surface area contributed by atoms with Gasteiger partial charge in [-0.15, -0.1) is 11.8 Å². The van der Waals surface area contributed by atoms with Crippen molar-refractivity contribution in [2.24, 2.45) is 0 Å². The average molecular weight is 473 g/mol. The summed E-state index contributed by atoms with van der Waals surface area (Å²) in [5, 5.41) is 6.29. The first-order chi connectivity index (χ1) is 14.7. The third kappa shape index (κ3) is 6.26. The molecule has 3 aromatic carbocycles. The molecular formula is C24H22Cl2N2O2S. The number of thioether (sulfide) groups is 1. The number of nitrogens with one attached hydrogen (secondary N) is 2. The Balaban J connectivity index is 1.60. The molecule has 3 aromatic rings. The number of rotatable bonds is 6. The van der Waals surface area contributed by atoms with Crippen LogP contribution in [0.3, 0.4) is 0 Å². The fourth-order valence-electron chi connectivity index (χ4n) is 2.85. The van der Waals surface area contributed by atoms with Crippen molar-refractivity contribution in [2.45, 2.75) is 30.9 Å². The van der Waals surface area contributed by atoms with E-state index < -0.39 is 0 Å². The first kappa shape index (κ1) is 23.2. The lowest BCUT2D eigenvalue weighted by Crippen LogP contribution is -2.22.